The summed E-state index contributed by atoms with van der Waals surface area (Å²) in [5.74, 6) is -0.543. The zero-order valence-corrected chi connectivity index (χ0v) is 13.0. The number of carbonyl (C=O) groups is 2. The molecule has 0 saturated heterocycles. The van der Waals surface area contributed by atoms with E-state index >= 15 is 0 Å². The van der Waals surface area contributed by atoms with Gasteiger partial charge < -0.3 is 15.7 Å². The average Bonchev–Trinajstić information content (AvgIpc) is 3.14. The van der Waals surface area contributed by atoms with E-state index in [0.29, 0.717) is 5.56 Å². The molecule has 0 saturated carbocycles. The highest BCUT2D eigenvalue weighted by Crippen LogP contribution is 2.20. The first-order valence-corrected chi connectivity index (χ1v) is 7.63. The first kappa shape index (κ1) is 15.7. The highest BCUT2D eigenvalue weighted by molar-refractivity contribution is 6.00. The van der Waals surface area contributed by atoms with Crippen molar-refractivity contribution in [1.82, 2.24) is 10.6 Å². The van der Waals surface area contributed by atoms with E-state index in [1.807, 2.05) is 36.4 Å². The second kappa shape index (κ2) is 6.95. The maximum atomic E-state index is 11.8. The SMILES string of the molecule is O=C(O)CNC(=O)c1ccc(-c2ccc(C3=NCCN3)cc2)cc1. The van der Waals surface area contributed by atoms with Crippen LogP contribution in [0.25, 0.3) is 11.1 Å². The molecule has 0 spiro atoms. The highest BCUT2D eigenvalue weighted by Gasteiger charge is 2.09. The molecular weight excluding hydrogens is 306 g/mol. The molecule has 122 valence electrons. The number of amidine groups is 1. The number of carboxylic acid groups (broad SMARTS) is 1. The third-order valence-corrected chi connectivity index (χ3v) is 3.71. The van der Waals surface area contributed by atoms with Gasteiger partial charge in [-0.15, -0.1) is 0 Å². The highest BCUT2D eigenvalue weighted by atomic mass is 16.4. The van der Waals surface area contributed by atoms with E-state index in [1.54, 1.807) is 12.1 Å². The molecule has 24 heavy (non-hydrogen) atoms. The van der Waals surface area contributed by atoms with E-state index in [-0.39, 0.29) is 6.54 Å². The molecule has 0 aromatic heterocycles. The number of amides is 1. The second-order valence-corrected chi connectivity index (χ2v) is 5.39. The number of aliphatic carboxylic acids is 1. The summed E-state index contributed by atoms with van der Waals surface area (Å²) in [6.07, 6.45) is 0. The molecule has 0 radical (unpaired) electrons. The largest absolute Gasteiger partial charge is 0.480 e. The Morgan fingerprint density at radius 2 is 1.58 bits per heavy atom. The van der Waals surface area contributed by atoms with Crippen LogP contribution in [-0.2, 0) is 4.79 Å². The molecule has 1 aliphatic rings. The van der Waals surface area contributed by atoms with Gasteiger partial charge in [-0.1, -0.05) is 36.4 Å². The number of aliphatic imine (C=N–C) groups is 1. The molecule has 1 aliphatic heterocycles. The summed E-state index contributed by atoms with van der Waals surface area (Å²) in [6, 6.07) is 15.1. The summed E-state index contributed by atoms with van der Waals surface area (Å²) in [7, 11) is 0. The zero-order chi connectivity index (χ0) is 16.9. The van der Waals surface area contributed by atoms with Crippen LogP contribution in [0.2, 0.25) is 0 Å². The van der Waals surface area contributed by atoms with Crippen LogP contribution >= 0.6 is 0 Å². The van der Waals surface area contributed by atoms with Crippen molar-refractivity contribution in [3.63, 3.8) is 0 Å². The molecule has 0 bridgehead atoms. The molecule has 6 heteroatoms. The van der Waals surface area contributed by atoms with Gasteiger partial charge in [0.1, 0.15) is 12.4 Å². The fourth-order valence-corrected chi connectivity index (χ4v) is 2.48. The monoisotopic (exact) mass is 323 g/mol. The molecule has 0 aliphatic carbocycles. The topological polar surface area (TPSA) is 90.8 Å². The summed E-state index contributed by atoms with van der Waals surface area (Å²) < 4.78 is 0. The van der Waals surface area contributed by atoms with E-state index < -0.39 is 11.9 Å². The predicted octanol–water partition coefficient (Wildman–Crippen LogP) is 1.52. The van der Waals surface area contributed by atoms with Gasteiger partial charge in [-0.2, -0.15) is 0 Å². The molecule has 1 amide bonds. The van der Waals surface area contributed by atoms with Crippen molar-refractivity contribution >= 4 is 17.7 Å². The number of carboxylic acids is 1. The van der Waals surface area contributed by atoms with E-state index in [0.717, 1.165) is 35.6 Å². The lowest BCUT2D eigenvalue weighted by molar-refractivity contribution is -0.135. The maximum Gasteiger partial charge on any atom is 0.322 e. The van der Waals surface area contributed by atoms with Gasteiger partial charge in [-0.05, 0) is 23.3 Å². The predicted molar refractivity (Wildman–Crippen MR) is 91.3 cm³/mol. The van der Waals surface area contributed by atoms with Gasteiger partial charge in [0.25, 0.3) is 5.91 Å². The van der Waals surface area contributed by atoms with Gasteiger partial charge in [0.15, 0.2) is 0 Å². The number of benzene rings is 2. The van der Waals surface area contributed by atoms with E-state index in [4.69, 9.17) is 5.11 Å². The molecule has 0 atom stereocenters. The number of nitrogens with zero attached hydrogens (tertiary/aromatic N) is 1. The van der Waals surface area contributed by atoms with Crippen LogP contribution in [0.15, 0.2) is 53.5 Å². The molecule has 6 nitrogen and oxygen atoms in total. The lowest BCUT2D eigenvalue weighted by atomic mass is 10.0. The molecule has 2 aromatic carbocycles. The first-order valence-electron chi connectivity index (χ1n) is 7.63. The minimum absolute atomic E-state index is 0.389. The first-order chi connectivity index (χ1) is 11.6. The molecule has 1 heterocycles. The van der Waals surface area contributed by atoms with Crippen molar-refractivity contribution in [3.05, 3.63) is 59.7 Å². The Morgan fingerprint density at radius 1 is 1.00 bits per heavy atom. The molecule has 2 aromatic rings. The van der Waals surface area contributed by atoms with Crippen molar-refractivity contribution in [2.75, 3.05) is 19.6 Å². The Morgan fingerprint density at radius 3 is 2.12 bits per heavy atom. The lowest BCUT2D eigenvalue weighted by Gasteiger charge is -2.07. The fourth-order valence-electron chi connectivity index (χ4n) is 2.48. The number of rotatable bonds is 5. The van der Waals surface area contributed by atoms with Crippen LogP contribution in [0, 0.1) is 0 Å². The van der Waals surface area contributed by atoms with Crippen molar-refractivity contribution < 1.29 is 14.7 Å². The number of hydrogen-bond donors (Lipinski definition) is 3. The van der Waals surface area contributed by atoms with Crippen LogP contribution < -0.4 is 10.6 Å². The van der Waals surface area contributed by atoms with E-state index in [1.165, 1.54) is 0 Å². The normalized spacial score (nSPS) is 13.1. The smallest absolute Gasteiger partial charge is 0.322 e. The Labute approximate surface area is 139 Å². The van der Waals surface area contributed by atoms with Crippen LogP contribution in [0.5, 0.6) is 0 Å². The van der Waals surface area contributed by atoms with Crippen molar-refractivity contribution in [1.29, 1.82) is 0 Å². The number of nitrogens with one attached hydrogen (secondary N) is 2. The summed E-state index contributed by atoms with van der Waals surface area (Å²) in [5.41, 5.74) is 3.51. The minimum Gasteiger partial charge on any atom is -0.480 e. The van der Waals surface area contributed by atoms with Gasteiger partial charge in [-0.3, -0.25) is 14.6 Å². The number of carbonyl (C=O) groups excluding carboxylic acids is 1. The van der Waals surface area contributed by atoms with Gasteiger partial charge in [0, 0.05) is 17.7 Å². The lowest BCUT2D eigenvalue weighted by Crippen LogP contribution is -2.29. The molecule has 3 rings (SSSR count). The molecule has 0 unspecified atom stereocenters. The van der Waals surface area contributed by atoms with Crippen molar-refractivity contribution in [2.45, 2.75) is 0 Å². The van der Waals surface area contributed by atoms with Crippen LogP contribution in [-0.4, -0.2) is 42.5 Å². The van der Waals surface area contributed by atoms with Crippen molar-refractivity contribution in [2.24, 2.45) is 4.99 Å². The van der Waals surface area contributed by atoms with Crippen molar-refractivity contribution in [3.8, 4) is 11.1 Å². The summed E-state index contributed by atoms with van der Waals surface area (Å²) in [4.78, 5) is 26.7. The van der Waals surface area contributed by atoms with Crippen LogP contribution in [0.1, 0.15) is 15.9 Å². The van der Waals surface area contributed by atoms with Gasteiger partial charge in [0.2, 0.25) is 0 Å². The molecule has 3 N–H and O–H groups in total. The Balaban J connectivity index is 1.71. The average molecular weight is 323 g/mol. The number of hydrogen-bond acceptors (Lipinski definition) is 4. The maximum absolute atomic E-state index is 11.8. The third kappa shape index (κ3) is 3.60. The summed E-state index contributed by atoms with van der Waals surface area (Å²) in [6.45, 7) is 1.30. The zero-order valence-electron chi connectivity index (χ0n) is 13.0. The van der Waals surface area contributed by atoms with Gasteiger partial charge in [0.05, 0.1) is 6.54 Å². The second-order valence-electron chi connectivity index (χ2n) is 5.39. The fraction of sp³-hybridized carbons (Fsp3) is 0.167. The van der Waals surface area contributed by atoms with Crippen LogP contribution in [0.4, 0.5) is 0 Å². The van der Waals surface area contributed by atoms with Crippen LogP contribution in [0.3, 0.4) is 0 Å². The standard InChI is InChI=1S/C18H17N3O3/c22-16(23)11-21-18(24)15-7-3-13(4-8-15)12-1-5-14(6-2-12)17-19-9-10-20-17/h1-8H,9-11H2,(H,19,20)(H,21,24)(H,22,23). The molecular formula is C18H17N3O3. The minimum atomic E-state index is -1.07. The summed E-state index contributed by atoms with van der Waals surface area (Å²) in [5, 5.41) is 14.1. The summed E-state index contributed by atoms with van der Waals surface area (Å²) >= 11 is 0. The third-order valence-electron chi connectivity index (χ3n) is 3.71. The quantitative estimate of drug-likeness (QED) is 0.778. The van der Waals surface area contributed by atoms with Gasteiger partial charge in [-0.25, -0.2) is 0 Å². The Bertz CT molecular complexity index is 780. The van der Waals surface area contributed by atoms with Gasteiger partial charge >= 0.3 is 5.97 Å². The Kier molecular flexibility index (Phi) is 4.56. The molecule has 0 fully saturated rings. The Hall–Kier alpha value is -3.15. The van der Waals surface area contributed by atoms with E-state index in [2.05, 4.69) is 15.6 Å². The van der Waals surface area contributed by atoms with E-state index in [9.17, 15) is 9.59 Å².